The number of fused-ring (bicyclic) bond motifs is 3. The van der Waals surface area contributed by atoms with Gasteiger partial charge in [-0.25, -0.2) is 0 Å². The minimum atomic E-state index is -2.64. The van der Waals surface area contributed by atoms with Crippen molar-refractivity contribution in [2.24, 2.45) is 0 Å². The van der Waals surface area contributed by atoms with Crippen molar-refractivity contribution in [3.8, 4) is 0 Å². The molecule has 0 aromatic heterocycles. The van der Waals surface area contributed by atoms with E-state index in [-0.39, 0.29) is 11.0 Å². The van der Waals surface area contributed by atoms with Crippen LogP contribution in [0.5, 0.6) is 0 Å². The highest BCUT2D eigenvalue weighted by Gasteiger charge is 2.58. The quantitative estimate of drug-likeness (QED) is 0.145. The highest BCUT2D eigenvalue weighted by Crippen LogP contribution is 2.60. The molecule has 2 aliphatic rings. The van der Waals surface area contributed by atoms with Gasteiger partial charge in [-0.15, -0.1) is 0 Å². The summed E-state index contributed by atoms with van der Waals surface area (Å²) in [5.41, 5.74) is 3.69. The Balaban J connectivity index is 1.54. The summed E-state index contributed by atoms with van der Waals surface area (Å²) in [5.74, 6) is 0. The van der Waals surface area contributed by atoms with Crippen molar-refractivity contribution < 1.29 is 0 Å². The van der Waals surface area contributed by atoms with Crippen LogP contribution in [-0.4, -0.2) is 13.6 Å². The topological polar surface area (TPSA) is 3.24 Å². The molecule has 1 aliphatic heterocycles. The molecule has 2 atom stereocenters. The summed E-state index contributed by atoms with van der Waals surface area (Å²) in [6, 6.07) is 47.0. The number of hydrogen-bond acceptors (Lipinski definition) is 1. The van der Waals surface area contributed by atoms with Crippen molar-refractivity contribution >= 4 is 63.4 Å². The van der Waals surface area contributed by atoms with Crippen molar-refractivity contribution in [2.75, 3.05) is 4.90 Å². The fourth-order valence-electron chi connectivity index (χ4n) is 8.11. The lowest BCUT2D eigenvalue weighted by atomic mass is 9.61. The standard InChI is InChI=1S/C38H35Cl2NSi/c1-37-22-12-13-23-38(37,2)41(30-25-28(39)24-29(40)26-30)36-21-20-34(27-35(36)37)42(31-14-6-3-7-15-31,32-16-8-4-9-17-32)33-18-10-5-11-19-33/h3-11,14-21,24-27H,12-13,22-23H2,1-2H3. The van der Waals surface area contributed by atoms with Crippen molar-refractivity contribution in [3.05, 3.63) is 143 Å². The van der Waals surface area contributed by atoms with Crippen molar-refractivity contribution in [1.82, 2.24) is 0 Å². The minimum absolute atomic E-state index is 0.0183. The van der Waals surface area contributed by atoms with Gasteiger partial charge in [0.2, 0.25) is 0 Å². The van der Waals surface area contributed by atoms with E-state index >= 15 is 0 Å². The van der Waals surface area contributed by atoms with E-state index in [1.54, 1.807) is 0 Å². The largest absolute Gasteiger partial charge is 0.334 e. The average molecular weight is 605 g/mol. The van der Waals surface area contributed by atoms with Gasteiger partial charge >= 0.3 is 0 Å². The third kappa shape index (κ3) is 4.03. The molecular weight excluding hydrogens is 569 g/mol. The van der Waals surface area contributed by atoms with E-state index in [9.17, 15) is 0 Å². The Kier molecular flexibility index (Phi) is 6.85. The van der Waals surface area contributed by atoms with Crippen LogP contribution in [0.25, 0.3) is 0 Å². The molecule has 2 unspecified atom stereocenters. The van der Waals surface area contributed by atoms with Crippen molar-refractivity contribution in [2.45, 2.75) is 50.5 Å². The predicted molar refractivity (Wildman–Crippen MR) is 183 cm³/mol. The van der Waals surface area contributed by atoms with E-state index in [0.717, 1.165) is 18.5 Å². The first-order valence-electron chi connectivity index (χ1n) is 15.0. The Hall–Kier alpha value is -3.30. The van der Waals surface area contributed by atoms with Gasteiger partial charge in [-0.2, -0.15) is 0 Å². The number of nitrogens with zero attached hydrogens (tertiary/aromatic N) is 1. The Morgan fingerprint density at radius 2 is 1.07 bits per heavy atom. The van der Waals surface area contributed by atoms with Gasteiger partial charge in [-0.3, -0.25) is 0 Å². The summed E-state index contributed by atoms with van der Waals surface area (Å²) in [7, 11) is -2.64. The Bertz CT molecular complexity index is 1620. The summed E-state index contributed by atoms with van der Waals surface area (Å²) < 4.78 is 0. The minimum Gasteiger partial charge on any atom is -0.334 e. The molecule has 1 heterocycles. The molecule has 1 aliphatic carbocycles. The molecule has 0 amide bonds. The molecular formula is C38H35Cl2NSi. The molecule has 1 nitrogen and oxygen atoms in total. The SMILES string of the molecule is CC12CCCCC1(C)N(c1cc(Cl)cc(Cl)c1)c1ccc([Si](c3ccccc3)(c3ccccc3)c3ccccc3)cc12. The second kappa shape index (κ2) is 10.5. The third-order valence-corrected chi connectivity index (χ3v) is 15.5. The highest BCUT2D eigenvalue weighted by atomic mass is 35.5. The molecule has 210 valence electrons. The molecule has 7 rings (SSSR count). The monoisotopic (exact) mass is 603 g/mol. The Morgan fingerprint density at radius 1 is 0.571 bits per heavy atom. The van der Waals surface area contributed by atoms with Crippen LogP contribution in [0.1, 0.15) is 45.1 Å². The number of benzene rings is 5. The Morgan fingerprint density at radius 3 is 1.60 bits per heavy atom. The van der Waals surface area contributed by atoms with Crippen molar-refractivity contribution in [3.63, 3.8) is 0 Å². The van der Waals surface area contributed by atoms with E-state index in [1.807, 2.05) is 6.07 Å². The first kappa shape index (κ1) is 27.5. The van der Waals surface area contributed by atoms with Crippen LogP contribution in [0.15, 0.2) is 127 Å². The van der Waals surface area contributed by atoms with Crippen molar-refractivity contribution in [1.29, 1.82) is 0 Å². The number of anilines is 2. The summed E-state index contributed by atoms with van der Waals surface area (Å²) in [4.78, 5) is 2.56. The van der Waals surface area contributed by atoms with Crippen LogP contribution in [-0.2, 0) is 5.41 Å². The smallest absolute Gasteiger partial charge is 0.179 e. The molecule has 0 radical (unpaired) electrons. The van der Waals surface area contributed by atoms with Crippen LogP contribution in [0.4, 0.5) is 11.4 Å². The molecule has 5 aromatic carbocycles. The molecule has 1 fully saturated rings. The van der Waals surface area contributed by atoms with Gasteiger partial charge in [-0.05, 0) is 70.3 Å². The van der Waals surface area contributed by atoms with E-state index in [0.29, 0.717) is 10.0 Å². The summed E-state index contributed by atoms with van der Waals surface area (Å²) in [6.07, 6.45) is 4.73. The van der Waals surface area contributed by atoms with Gasteiger partial charge in [0.15, 0.2) is 8.07 Å². The van der Waals surface area contributed by atoms with Gasteiger partial charge in [-0.1, -0.05) is 146 Å². The van der Waals surface area contributed by atoms with E-state index in [1.165, 1.54) is 44.8 Å². The molecule has 0 spiro atoms. The maximum Gasteiger partial charge on any atom is 0.179 e. The second-order valence-electron chi connectivity index (χ2n) is 12.4. The zero-order valence-electron chi connectivity index (χ0n) is 24.2. The zero-order chi connectivity index (χ0) is 29.0. The molecule has 0 bridgehead atoms. The Labute approximate surface area is 260 Å². The third-order valence-electron chi connectivity index (χ3n) is 10.3. The lowest BCUT2D eigenvalue weighted by Crippen LogP contribution is -2.74. The van der Waals surface area contributed by atoms with Gasteiger partial charge in [0, 0.05) is 26.8 Å². The lowest BCUT2D eigenvalue weighted by molar-refractivity contribution is 0.195. The predicted octanol–water partition coefficient (Wildman–Crippen LogP) is 8.11. The molecule has 1 saturated carbocycles. The van der Waals surface area contributed by atoms with E-state index in [2.05, 4.69) is 140 Å². The van der Waals surface area contributed by atoms with Gasteiger partial charge < -0.3 is 4.90 Å². The number of rotatable bonds is 5. The summed E-state index contributed by atoms with van der Waals surface area (Å²) >= 11 is 13.2. The number of hydrogen-bond donors (Lipinski definition) is 0. The average Bonchev–Trinajstić information content (AvgIpc) is 3.22. The van der Waals surface area contributed by atoms with Crippen LogP contribution >= 0.6 is 23.2 Å². The molecule has 4 heteroatoms. The lowest BCUT2D eigenvalue weighted by Gasteiger charge is -2.50. The van der Waals surface area contributed by atoms with Crippen LogP contribution in [0.2, 0.25) is 10.0 Å². The molecule has 0 saturated heterocycles. The van der Waals surface area contributed by atoms with Gasteiger partial charge in [0.05, 0.1) is 5.54 Å². The summed E-state index contributed by atoms with van der Waals surface area (Å²) in [6.45, 7) is 4.95. The first-order chi connectivity index (χ1) is 20.4. The zero-order valence-corrected chi connectivity index (χ0v) is 26.7. The summed E-state index contributed by atoms with van der Waals surface area (Å²) in [5, 5.41) is 6.96. The van der Waals surface area contributed by atoms with E-state index in [4.69, 9.17) is 23.2 Å². The van der Waals surface area contributed by atoms with Crippen LogP contribution in [0, 0.1) is 0 Å². The maximum absolute atomic E-state index is 6.59. The number of halogens is 2. The van der Waals surface area contributed by atoms with Crippen LogP contribution in [0.3, 0.4) is 0 Å². The van der Waals surface area contributed by atoms with E-state index < -0.39 is 8.07 Å². The second-order valence-corrected chi connectivity index (χ2v) is 17.0. The first-order valence-corrected chi connectivity index (χ1v) is 17.7. The normalized spacial score (nSPS) is 21.6. The molecule has 5 aromatic rings. The molecule has 0 N–H and O–H groups in total. The maximum atomic E-state index is 6.59. The van der Waals surface area contributed by atoms with Crippen LogP contribution < -0.4 is 25.6 Å². The fraction of sp³-hybridized carbons (Fsp3) is 0.211. The fourth-order valence-corrected chi connectivity index (χ4v) is 13.4. The molecule has 42 heavy (non-hydrogen) atoms. The van der Waals surface area contributed by atoms with Gasteiger partial charge in [0.1, 0.15) is 0 Å². The highest BCUT2D eigenvalue weighted by molar-refractivity contribution is 7.19. The van der Waals surface area contributed by atoms with Gasteiger partial charge in [0.25, 0.3) is 0 Å².